The maximum Gasteiger partial charge on any atom is 0.178 e. The third kappa shape index (κ3) is 2.24. The summed E-state index contributed by atoms with van der Waals surface area (Å²) in [7, 11) is 3.17. The lowest BCUT2D eigenvalue weighted by Crippen LogP contribution is -2.02. The second-order valence-corrected chi connectivity index (χ2v) is 3.31. The lowest BCUT2D eigenvalue weighted by Gasteiger charge is -2.16. The molecule has 0 aromatic heterocycles. The second-order valence-electron chi connectivity index (χ2n) is 1.77. The highest BCUT2D eigenvalue weighted by Gasteiger charge is 2.11. The van der Waals surface area contributed by atoms with Crippen molar-refractivity contribution in [1.29, 1.82) is 0 Å². The van der Waals surface area contributed by atoms with Gasteiger partial charge in [0.15, 0.2) is 5.09 Å². The van der Waals surface area contributed by atoms with E-state index in [1.807, 2.05) is 0 Å². The molecular formula is C6H8ClNO2S. The first-order valence-corrected chi connectivity index (χ1v) is 4.02. The minimum atomic E-state index is 0.676. The van der Waals surface area contributed by atoms with Gasteiger partial charge in [0, 0.05) is 29.8 Å². The zero-order valence-corrected chi connectivity index (χ0v) is 7.78. The van der Waals surface area contributed by atoms with E-state index in [1.165, 1.54) is 15.8 Å². The van der Waals surface area contributed by atoms with Crippen molar-refractivity contribution in [3.63, 3.8) is 0 Å². The van der Waals surface area contributed by atoms with E-state index in [-0.39, 0.29) is 0 Å². The van der Waals surface area contributed by atoms with Crippen LogP contribution >= 0.6 is 23.7 Å². The molecular weight excluding hydrogens is 186 g/mol. The molecule has 0 aliphatic carbocycles. The summed E-state index contributed by atoms with van der Waals surface area (Å²) in [5, 5.41) is 0.708. The van der Waals surface area contributed by atoms with Crippen molar-refractivity contribution >= 4 is 23.7 Å². The average Bonchev–Trinajstić information content (AvgIpc) is 2.03. The van der Waals surface area contributed by atoms with Crippen molar-refractivity contribution in [2.45, 2.75) is 0 Å². The first-order chi connectivity index (χ1) is 5.26. The van der Waals surface area contributed by atoms with Crippen molar-refractivity contribution < 1.29 is 9.47 Å². The molecule has 0 aromatic rings. The first-order valence-electron chi connectivity index (χ1n) is 2.90. The highest BCUT2D eigenvalue weighted by Crippen LogP contribution is 2.30. The van der Waals surface area contributed by atoms with Crippen LogP contribution in [0.1, 0.15) is 0 Å². The van der Waals surface area contributed by atoms with E-state index in [2.05, 4.69) is 0 Å². The van der Waals surface area contributed by atoms with Crippen molar-refractivity contribution in [3.05, 3.63) is 23.1 Å². The summed E-state index contributed by atoms with van der Waals surface area (Å²) in [5.74, 6) is 0.676. The fourth-order valence-corrected chi connectivity index (χ4v) is 1.47. The van der Waals surface area contributed by atoms with Crippen molar-refractivity contribution in [1.82, 2.24) is 3.82 Å². The molecule has 11 heavy (non-hydrogen) atoms. The van der Waals surface area contributed by atoms with E-state index in [0.717, 1.165) is 0 Å². The monoisotopic (exact) mass is 193 g/mol. The Morgan fingerprint density at radius 1 is 1.45 bits per heavy atom. The number of methoxy groups -OCH3 is 2. The van der Waals surface area contributed by atoms with E-state index >= 15 is 0 Å². The van der Waals surface area contributed by atoms with Gasteiger partial charge in [-0.15, -0.1) is 0 Å². The SMILES string of the molecule is COC1=CN(Cl)SC(OC)=C1. The molecule has 0 aromatic carbocycles. The lowest BCUT2D eigenvalue weighted by atomic mass is 10.5. The van der Waals surface area contributed by atoms with E-state index in [4.69, 9.17) is 21.3 Å². The van der Waals surface area contributed by atoms with Gasteiger partial charge in [0.2, 0.25) is 0 Å². The fourth-order valence-electron chi connectivity index (χ4n) is 0.600. The Morgan fingerprint density at radius 3 is 2.73 bits per heavy atom. The van der Waals surface area contributed by atoms with E-state index in [1.54, 1.807) is 26.5 Å². The van der Waals surface area contributed by atoms with Crippen molar-refractivity contribution in [2.24, 2.45) is 0 Å². The van der Waals surface area contributed by atoms with Gasteiger partial charge < -0.3 is 9.47 Å². The molecule has 5 heteroatoms. The molecule has 0 saturated carbocycles. The number of rotatable bonds is 2. The van der Waals surface area contributed by atoms with Crippen LogP contribution in [0.2, 0.25) is 0 Å². The lowest BCUT2D eigenvalue weighted by molar-refractivity contribution is 0.287. The summed E-state index contributed by atoms with van der Waals surface area (Å²) >= 11 is 6.97. The Bertz CT molecular complexity index is 205. The Balaban J connectivity index is 2.71. The minimum absolute atomic E-state index is 0.676. The standard InChI is InChI=1S/C6H8ClNO2S/c1-9-5-3-6(10-2)11-8(7)4-5/h3-4H,1-2H3. The van der Waals surface area contributed by atoms with Crippen LogP contribution in [0.4, 0.5) is 0 Å². The molecule has 62 valence electrons. The number of nitrogens with zero attached hydrogens (tertiary/aromatic N) is 1. The van der Waals surface area contributed by atoms with Gasteiger partial charge in [0.25, 0.3) is 0 Å². The van der Waals surface area contributed by atoms with Crippen LogP contribution in [0.5, 0.6) is 0 Å². The van der Waals surface area contributed by atoms with E-state index < -0.39 is 0 Å². The number of hydrogen-bond donors (Lipinski definition) is 0. The number of halogens is 1. The van der Waals surface area contributed by atoms with Crippen LogP contribution in [-0.2, 0) is 9.47 Å². The summed E-state index contributed by atoms with van der Waals surface area (Å²) in [6, 6.07) is 0. The normalized spacial score (nSPS) is 17.2. The summed E-state index contributed by atoms with van der Waals surface area (Å²) in [4.78, 5) is 0. The maximum absolute atomic E-state index is 5.68. The first kappa shape index (κ1) is 8.62. The Labute approximate surface area is 74.8 Å². The smallest absolute Gasteiger partial charge is 0.178 e. The molecule has 0 unspecified atom stereocenters. The van der Waals surface area contributed by atoms with Crippen LogP contribution in [0.3, 0.4) is 0 Å². The topological polar surface area (TPSA) is 21.7 Å². The summed E-state index contributed by atoms with van der Waals surface area (Å²) in [6.07, 6.45) is 3.43. The van der Waals surface area contributed by atoms with Gasteiger partial charge in [0.05, 0.1) is 20.4 Å². The highest BCUT2D eigenvalue weighted by atomic mass is 35.5. The molecule has 1 aliphatic rings. The maximum atomic E-state index is 5.68. The van der Waals surface area contributed by atoms with Crippen LogP contribution in [0.25, 0.3) is 0 Å². The average molecular weight is 194 g/mol. The van der Waals surface area contributed by atoms with Gasteiger partial charge in [-0.2, -0.15) is 0 Å². The summed E-state index contributed by atoms with van der Waals surface area (Å²) in [5.41, 5.74) is 0. The van der Waals surface area contributed by atoms with Gasteiger partial charge in [-0.25, -0.2) is 3.82 Å². The molecule has 1 heterocycles. The van der Waals surface area contributed by atoms with Crippen molar-refractivity contribution in [2.75, 3.05) is 14.2 Å². The van der Waals surface area contributed by atoms with Gasteiger partial charge in [0.1, 0.15) is 5.76 Å². The Morgan fingerprint density at radius 2 is 2.18 bits per heavy atom. The predicted octanol–water partition coefficient (Wildman–Crippen LogP) is 2.08. The largest absolute Gasteiger partial charge is 0.495 e. The molecule has 0 saturated heterocycles. The molecule has 0 atom stereocenters. The predicted molar refractivity (Wildman–Crippen MR) is 45.5 cm³/mol. The van der Waals surface area contributed by atoms with E-state index in [9.17, 15) is 0 Å². The molecule has 0 spiro atoms. The molecule has 0 radical (unpaired) electrons. The molecule has 0 fully saturated rings. The third-order valence-electron chi connectivity index (χ3n) is 1.10. The fraction of sp³-hybridized carbons (Fsp3) is 0.333. The zero-order chi connectivity index (χ0) is 8.27. The second kappa shape index (κ2) is 3.78. The molecule has 3 nitrogen and oxygen atoms in total. The molecule has 1 rings (SSSR count). The molecule has 0 N–H and O–H groups in total. The number of hydrogen-bond acceptors (Lipinski definition) is 4. The van der Waals surface area contributed by atoms with Crippen LogP contribution in [-0.4, -0.2) is 18.0 Å². The summed E-state index contributed by atoms with van der Waals surface area (Å²) < 4.78 is 11.3. The number of ether oxygens (including phenoxy) is 2. The Kier molecular flexibility index (Phi) is 2.96. The van der Waals surface area contributed by atoms with Gasteiger partial charge in [-0.1, -0.05) is 0 Å². The molecule has 0 amide bonds. The van der Waals surface area contributed by atoms with E-state index in [0.29, 0.717) is 10.9 Å². The molecule has 0 bridgehead atoms. The van der Waals surface area contributed by atoms with Crippen LogP contribution < -0.4 is 0 Å². The third-order valence-corrected chi connectivity index (χ3v) is 2.15. The van der Waals surface area contributed by atoms with Gasteiger partial charge in [-0.05, 0) is 0 Å². The van der Waals surface area contributed by atoms with Crippen molar-refractivity contribution in [3.8, 4) is 0 Å². The van der Waals surface area contributed by atoms with Gasteiger partial charge >= 0.3 is 0 Å². The van der Waals surface area contributed by atoms with Crippen LogP contribution in [0, 0.1) is 0 Å². The summed E-state index contributed by atoms with van der Waals surface area (Å²) in [6.45, 7) is 0. The Hall–Kier alpha value is -0.480. The van der Waals surface area contributed by atoms with Crippen LogP contribution in [0.15, 0.2) is 23.1 Å². The molecule has 1 aliphatic heterocycles. The zero-order valence-electron chi connectivity index (χ0n) is 6.20. The minimum Gasteiger partial charge on any atom is -0.495 e. The number of allylic oxidation sites excluding steroid dienone is 1. The van der Waals surface area contributed by atoms with Gasteiger partial charge in [-0.3, -0.25) is 0 Å². The quantitative estimate of drug-likeness (QED) is 0.495. The highest BCUT2D eigenvalue weighted by molar-refractivity contribution is 8.01.